The van der Waals surface area contributed by atoms with Gasteiger partial charge < -0.3 is 10.4 Å². The lowest BCUT2D eigenvalue weighted by atomic mass is 10.1. The van der Waals surface area contributed by atoms with E-state index in [9.17, 15) is 20.0 Å². The number of hydrogen-bond acceptors (Lipinski definition) is 5. The Morgan fingerprint density at radius 3 is 3.00 bits per heavy atom. The first-order chi connectivity index (χ1) is 9.58. The van der Waals surface area contributed by atoms with Crippen LogP contribution in [0.15, 0.2) is 23.2 Å². The van der Waals surface area contributed by atoms with Gasteiger partial charge in [-0.15, -0.1) is 0 Å². The number of amides is 1. The first-order valence-electron chi connectivity index (χ1n) is 6.36. The van der Waals surface area contributed by atoms with Gasteiger partial charge in [-0.1, -0.05) is 0 Å². The van der Waals surface area contributed by atoms with Crippen molar-refractivity contribution in [3.8, 4) is 5.75 Å². The minimum atomic E-state index is -0.546. The molecule has 7 nitrogen and oxygen atoms in total. The van der Waals surface area contributed by atoms with Gasteiger partial charge >= 0.3 is 0 Å². The molecule has 1 aliphatic heterocycles. The van der Waals surface area contributed by atoms with E-state index in [2.05, 4.69) is 10.3 Å². The summed E-state index contributed by atoms with van der Waals surface area (Å²) >= 11 is 0. The summed E-state index contributed by atoms with van der Waals surface area (Å²) in [4.78, 5) is 26.0. The fourth-order valence-corrected chi connectivity index (χ4v) is 1.99. The monoisotopic (exact) mass is 277 g/mol. The Hall–Kier alpha value is -2.44. The van der Waals surface area contributed by atoms with Crippen molar-refractivity contribution >= 4 is 17.8 Å². The predicted octanol–water partition coefficient (Wildman–Crippen LogP) is 1.39. The number of aromatic hydroxyl groups is 1. The molecule has 0 aromatic heterocycles. The van der Waals surface area contributed by atoms with Crippen LogP contribution in [0.25, 0.3) is 0 Å². The van der Waals surface area contributed by atoms with E-state index in [0.717, 1.165) is 12.8 Å². The Kier molecular flexibility index (Phi) is 4.29. The topological polar surface area (TPSA) is 105 Å². The third-order valence-electron chi connectivity index (χ3n) is 3.12. The third-order valence-corrected chi connectivity index (χ3v) is 3.12. The van der Waals surface area contributed by atoms with E-state index in [-0.39, 0.29) is 22.9 Å². The van der Waals surface area contributed by atoms with Crippen molar-refractivity contribution < 1.29 is 14.8 Å². The van der Waals surface area contributed by atoms with Gasteiger partial charge in [0.1, 0.15) is 11.8 Å². The van der Waals surface area contributed by atoms with Crippen molar-refractivity contribution in [2.45, 2.75) is 25.3 Å². The van der Waals surface area contributed by atoms with Crippen LogP contribution in [0.5, 0.6) is 5.75 Å². The number of phenols is 1. The molecule has 1 amide bonds. The first-order valence-corrected chi connectivity index (χ1v) is 6.36. The van der Waals surface area contributed by atoms with Crippen LogP contribution in [0.2, 0.25) is 0 Å². The molecule has 1 atom stereocenters. The molecule has 7 heteroatoms. The number of non-ortho nitro benzene ring substituents is 1. The van der Waals surface area contributed by atoms with Crippen LogP contribution in [0, 0.1) is 10.1 Å². The molecule has 0 aliphatic carbocycles. The van der Waals surface area contributed by atoms with E-state index >= 15 is 0 Å². The fraction of sp³-hybridized carbons (Fsp3) is 0.385. The quantitative estimate of drug-likeness (QED) is 0.494. The Bertz CT molecular complexity index is 557. The third kappa shape index (κ3) is 3.31. The van der Waals surface area contributed by atoms with E-state index in [1.807, 2.05) is 0 Å². The summed E-state index contributed by atoms with van der Waals surface area (Å²) in [5.74, 6) is -0.253. The van der Waals surface area contributed by atoms with E-state index < -0.39 is 11.0 Å². The van der Waals surface area contributed by atoms with E-state index in [1.165, 1.54) is 24.4 Å². The number of nitro groups is 1. The van der Waals surface area contributed by atoms with Gasteiger partial charge in [0.15, 0.2) is 0 Å². The summed E-state index contributed by atoms with van der Waals surface area (Å²) in [5, 5.41) is 23.1. The van der Waals surface area contributed by atoms with Crippen molar-refractivity contribution in [2.24, 2.45) is 4.99 Å². The predicted molar refractivity (Wildman–Crippen MR) is 73.0 cm³/mol. The SMILES string of the molecule is O=C1NCCCCC1N=Cc1cc([N+](=O)[O-])ccc1O. The lowest BCUT2D eigenvalue weighted by Crippen LogP contribution is -2.31. The summed E-state index contributed by atoms with van der Waals surface area (Å²) in [7, 11) is 0. The van der Waals surface area contributed by atoms with Gasteiger partial charge in [-0.3, -0.25) is 19.9 Å². The second-order valence-corrected chi connectivity index (χ2v) is 4.58. The van der Waals surface area contributed by atoms with Crippen molar-refractivity contribution in [2.75, 3.05) is 6.54 Å². The second-order valence-electron chi connectivity index (χ2n) is 4.58. The van der Waals surface area contributed by atoms with Gasteiger partial charge in [0.05, 0.1) is 4.92 Å². The molecule has 1 saturated heterocycles. The molecule has 0 spiro atoms. The molecule has 0 bridgehead atoms. The number of phenolic OH excluding ortho intramolecular Hbond substituents is 1. The highest BCUT2D eigenvalue weighted by Crippen LogP contribution is 2.21. The molecule has 1 unspecified atom stereocenters. The largest absolute Gasteiger partial charge is 0.507 e. The molecule has 2 rings (SSSR count). The number of nitrogens with zero attached hydrogens (tertiary/aromatic N) is 2. The van der Waals surface area contributed by atoms with Crippen LogP contribution in [-0.4, -0.2) is 34.7 Å². The van der Waals surface area contributed by atoms with Gasteiger partial charge in [-0.2, -0.15) is 0 Å². The molecular formula is C13H15N3O4. The number of carbonyl (C=O) groups is 1. The molecule has 1 heterocycles. The minimum Gasteiger partial charge on any atom is -0.507 e. The Labute approximate surface area is 115 Å². The van der Waals surface area contributed by atoms with Gasteiger partial charge in [-0.05, 0) is 25.3 Å². The highest BCUT2D eigenvalue weighted by molar-refractivity contribution is 5.88. The summed E-state index contributed by atoms with van der Waals surface area (Å²) < 4.78 is 0. The number of hydrogen-bond donors (Lipinski definition) is 2. The summed E-state index contributed by atoms with van der Waals surface area (Å²) in [6.07, 6.45) is 3.76. The van der Waals surface area contributed by atoms with Crippen LogP contribution in [-0.2, 0) is 4.79 Å². The number of nitro benzene ring substituents is 1. The van der Waals surface area contributed by atoms with Gasteiger partial charge in [0.25, 0.3) is 5.69 Å². The summed E-state index contributed by atoms with van der Waals surface area (Å²) in [5.41, 5.74) is 0.103. The maximum absolute atomic E-state index is 11.7. The van der Waals surface area contributed by atoms with Gasteiger partial charge in [-0.25, -0.2) is 0 Å². The van der Waals surface area contributed by atoms with Gasteiger partial charge in [0, 0.05) is 30.5 Å². The number of aliphatic imine (C=N–C) groups is 1. The maximum Gasteiger partial charge on any atom is 0.270 e. The highest BCUT2D eigenvalue weighted by atomic mass is 16.6. The smallest absolute Gasteiger partial charge is 0.270 e. The van der Waals surface area contributed by atoms with Crippen LogP contribution in [0.3, 0.4) is 0 Å². The first kappa shape index (κ1) is 14.0. The molecule has 1 fully saturated rings. The fourth-order valence-electron chi connectivity index (χ4n) is 1.99. The highest BCUT2D eigenvalue weighted by Gasteiger charge is 2.19. The van der Waals surface area contributed by atoms with E-state index in [4.69, 9.17) is 0 Å². The lowest BCUT2D eigenvalue weighted by Gasteiger charge is -2.07. The number of benzene rings is 1. The second kappa shape index (κ2) is 6.14. The van der Waals surface area contributed by atoms with Crippen molar-refractivity contribution in [3.05, 3.63) is 33.9 Å². The van der Waals surface area contributed by atoms with Crippen LogP contribution in [0.1, 0.15) is 24.8 Å². The molecule has 0 radical (unpaired) electrons. The van der Waals surface area contributed by atoms with Crippen LogP contribution >= 0.6 is 0 Å². The number of rotatable bonds is 3. The molecule has 1 aromatic carbocycles. The molecule has 2 N–H and O–H groups in total. The van der Waals surface area contributed by atoms with Crippen LogP contribution < -0.4 is 5.32 Å². The Morgan fingerprint density at radius 2 is 2.25 bits per heavy atom. The minimum absolute atomic E-state index is 0.103. The summed E-state index contributed by atoms with van der Waals surface area (Å²) in [6.45, 7) is 0.646. The van der Waals surface area contributed by atoms with E-state index in [0.29, 0.717) is 13.0 Å². The van der Waals surface area contributed by atoms with Crippen LogP contribution in [0.4, 0.5) is 5.69 Å². The molecule has 106 valence electrons. The zero-order chi connectivity index (χ0) is 14.5. The Balaban J connectivity index is 2.19. The average molecular weight is 277 g/mol. The maximum atomic E-state index is 11.7. The number of carbonyl (C=O) groups excluding carboxylic acids is 1. The lowest BCUT2D eigenvalue weighted by molar-refractivity contribution is -0.384. The number of nitrogens with one attached hydrogen (secondary N) is 1. The zero-order valence-electron chi connectivity index (χ0n) is 10.8. The molecule has 0 saturated carbocycles. The normalized spacial score (nSPS) is 19.6. The van der Waals surface area contributed by atoms with Crippen molar-refractivity contribution in [1.82, 2.24) is 5.32 Å². The van der Waals surface area contributed by atoms with Gasteiger partial charge in [0.2, 0.25) is 5.91 Å². The average Bonchev–Trinajstić information content (AvgIpc) is 2.62. The van der Waals surface area contributed by atoms with Crippen molar-refractivity contribution in [1.29, 1.82) is 0 Å². The molecule has 1 aliphatic rings. The Morgan fingerprint density at radius 1 is 1.45 bits per heavy atom. The molecule has 20 heavy (non-hydrogen) atoms. The van der Waals surface area contributed by atoms with Crippen molar-refractivity contribution in [3.63, 3.8) is 0 Å². The molecular weight excluding hydrogens is 262 g/mol. The zero-order valence-corrected chi connectivity index (χ0v) is 10.8. The standard InChI is InChI=1S/C13H15N3O4/c17-12-5-4-10(16(19)20)7-9(12)8-15-11-3-1-2-6-14-13(11)18/h4-5,7-8,11,17H,1-3,6H2,(H,14,18). The summed E-state index contributed by atoms with van der Waals surface area (Å²) in [6, 6.07) is 3.18. The molecule has 1 aromatic rings. The van der Waals surface area contributed by atoms with E-state index in [1.54, 1.807) is 0 Å².